The molecule has 0 spiro atoms. The van der Waals surface area contributed by atoms with Crippen LogP contribution in [0.2, 0.25) is 0 Å². The summed E-state index contributed by atoms with van der Waals surface area (Å²) in [6, 6.07) is 3.30. The summed E-state index contributed by atoms with van der Waals surface area (Å²) < 4.78 is 36.1. The standard InChI is InChI=1S/C13H17F2NO3/c14-12-2-1-11(7-13(12)15)19-9-10(17)8-16-3-5-18-6-4-16/h1-2,7,10,17H,3-6,8-9H2. The molecule has 0 radical (unpaired) electrons. The van der Waals surface area contributed by atoms with Crippen molar-refractivity contribution in [3.8, 4) is 5.75 Å². The van der Waals surface area contributed by atoms with Gasteiger partial charge in [0.2, 0.25) is 0 Å². The molecular formula is C13H17F2NO3. The fourth-order valence-corrected chi connectivity index (χ4v) is 1.89. The minimum absolute atomic E-state index is 0.0441. The van der Waals surface area contributed by atoms with E-state index in [0.717, 1.165) is 25.2 Å². The van der Waals surface area contributed by atoms with Crippen LogP contribution in [-0.4, -0.2) is 55.6 Å². The Morgan fingerprint density at radius 2 is 2.00 bits per heavy atom. The highest BCUT2D eigenvalue weighted by Crippen LogP contribution is 2.15. The van der Waals surface area contributed by atoms with Gasteiger partial charge in [-0.1, -0.05) is 0 Å². The first-order valence-electron chi connectivity index (χ1n) is 6.21. The van der Waals surface area contributed by atoms with Crippen molar-refractivity contribution in [3.05, 3.63) is 29.8 Å². The van der Waals surface area contributed by atoms with E-state index >= 15 is 0 Å². The Balaban J connectivity index is 1.75. The van der Waals surface area contributed by atoms with Crippen molar-refractivity contribution in [1.82, 2.24) is 4.90 Å². The number of β-amino-alcohol motifs (C(OH)–C–C–N with tert-alkyl or cyclic N) is 1. The molecule has 1 aromatic carbocycles. The number of morpholine rings is 1. The Labute approximate surface area is 110 Å². The van der Waals surface area contributed by atoms with E-state index in [0.29, 0.717) is 19.8 Å². The number of hydrogen-bond acceptors (Lipinski definition) is 4. The van der Waals surface area contributed by atoms with Crippen molar-refractivity contribution in [2.24, 2.45) is 0 Å². The number of aliphatic hydroxyl groups is 1. The molecule has 0 aliphatic carbocycles. The van der Waals surface area contributed by atoms with Crippen molar-refractivity contribution < 1.29 is 23.4 Å². The Morgan fingerprint density at radius 3 is 2.68 bits per heavy atom. The molecular weight excluding hydrogens is 256 g/mol. The number of halogens is 2. The largest absolute Gasteiger partial charge is 0.491 e. The predicted molar refractivity (Wildman–Crippen MR) is 65.1 cm³/mol. The first-order chi connectivity index (χ1) is 9.15. The van der Waals surface area contributed by atoms with Crippen LogP contribution < -0.4 is 4.74 Å². The number of rotatable bonds is 5. The van der Waals surface area contributed by atoms with Gasteiger partial charge in [-0.3, -0.25) is 4.90 Å². The van der Waals surface area contributed by atoms with Gasteiger partial charge < -0.3 is 14.6 Å². The summed E-state index contributed by atoms with van der Waals surface area (Å²) in [5.41, 5.74) is 0. The molecule has 1 unspecified atom stereocenters. The third-order valence-electron chi connectivity index (χ3n) is 2.91. The number of aliphatic hydroxyl groups excluding tert-OH is 1. The minimum atomic E-state index is -0.958. The van der Waals surface area contributed by atoms with Gasteiger partial charge in [0.05, 0.1) is 13.2 Å². The molecule has 19 heavy (non-hydrogen) atoms. The summed E-state index contributed by atoms with van der Waals surface area (Å²) in [7, 11) is 0. The first kappa shape index (κ1) is 14.2. The topological polar surface area (TPSA) is 41.9 Å². The lowest BCUT2D eigenvalue weighted by Gasteiger charge is -2.28. The van der Waals surface area contributed by atoms with E-state index in [1.165, 1.54) is 6.07 Å². The molecule has 6 heteroatoms. The lowest BCUT2D eigenvalue weighted by Crippen LogP contribution is -2.42. The Morgan fingerprint density at radius 1 is 1.26 bits per heavy atom. The second-order valence-corrected chi connectivity index (χ2v) is 4.45. The highest BCUT2D eigenvalue weighted by atomic mass is 19.2. The zero-order chi connectivity index (χ0) is 13.7. The molecule has 1 atom stereocenters. The molecule has 0 amide bonds. The van der Waals surface area contributed by atoms with Crippen molar-refractivity contribution in [3.63, 3.8) is 0 Å². The maximum atomic E-state index is 12.9. The maximum Gasteiger partial charge on any atom is 0.162 e. The summed E-state index contributed by atoms with van der Waals surface area (Å²) in [5.74, 6) is -1.67. The van der Waals surface area contributed by atoms with Crippen LogP contribution in [0.15, 0.2) is 18.2 Å². The molecule has 1 heterocycles. The molecule has 1 aromatic rings. The van der Waals surface area contributed by atoms with Crippen LogP contribution in [0.1, 0.15) is 0 Å². The van der Waals surface area contributed by atoms with Crippen LogP contribution in [-0.2, 0) is 4.74 Å². The fraction of sp³-hybridized carbons (Fsp3) is 0.538. The summed E-state index contributed by atoms with van der Waals surface area (Å²) in [5, 5.41) is 9.81. The number of hydrogen-bond donors (Lipinski definition) is 1. The van der Waals surface area contributed by atoms with Gasteiger partial charge in [-0.25, -0.2) is 8.78 Å². The lowest BCUT2D eigenvalue weighted by atomic mass is 10.3. The van der Waals surface area contributed by atoms with E-state index in [2.05, 4.69) is 4.90 Å². The second-order valence-electron chi connectivity index (χ2n) is 4.45. The summed E-state index contributed by atoms with van der Waals surface area (Å²) in [6.07, 6.45) is -0.675. The second kappa shape index (κ2) is 6.79. The zero-order valence-corrected chi connectivity index (χ0v) is 10.5. The Kier molecular flexibility index (Phi) is 5.07. The fourth-order valence-electron chi connectivity index (χ4n) is 1.89. The quantitative estimate of drug-likeness (QED) is 0.870. The number of nitrogens with zero attached hydrogens (tertiary/aromatic N) is 1. The predicted octanol–water partition coefficient (Wildman–Crippen LogP) is 1.04. The highest BCUT2D eigenvalue weighted by molar-refractivity contribution is 5.23. The van der Waals surface area contributed by atoms with Crippen LogP contribution in [0.5, 0.6) is 5.75 Å². The normalized spacial score (nSPS) is 18.3. The molecule has 2 rings (SSSR count). The molecule has 1 saturated heterocycles. The van der Waals surface area contributed by atoms with Crippen LogP contribution in [0.25, 0.3) is 0 Å². The number of ether oxygens (including phenoxy) is 2. The van der Waals surface area contributed by atoms with Gasteiger partial charge in [0.1, 0.15) is 18.5 Å². The summed E-state index contributed by atoms with van der Waals surface area (Å²) >= 11 is 0. The van der Waals surface area contributed by atoms with Crippen molar-refractivity contribution in [1.29, 1.82) is 0 Å². The Bertz CT molecular complexity index is 411. The van der Waals surface area contributed by atoms with E-state index in [1.807, 2.05) is 0 Å². The monoisotopic (exact) mass is 273 g/mol. The molecule has 0 aromatic heterocycles. The summed E-state index contributed by atoms with van der Waals surface area (Å²) in [6.45, 7) is 3.41. The van der Waals surface area contributed by atoms with E-state index in [9.17, 15) is 13.9 Å². The lowest BCUT2D eigenvalue weighted by molar-refractivity contribution is 0.00462. The Hall–Kier alpha value is -1.24. The van der Waals surface area contributed by atoms with Gasteiger partial charge in [0, 0.05) is 25.7 Å². The first-order valence-corrected chi connectivity index (χ1v) is 6.21. The van der Waals surface area contributed by atoms with Crippen LogP contribution in [0.3, 0.4) is 0 Å². The van der Waals surface area contributed by atoms with E-state index < -0.39 is 17.7 Å². The minimum Gasteiger partial charge on any atom is -0.491 e. The van der Waals surface area contributed by atoms with Gasteiger partial charge in [-0.2, -0.15) is 0 Å². The molecule has 106 valence electrons. The smallest absolute Gasteiger partial charge is 0.162 e. The zero-order valence-electron chi connectivity index (χ0n) is 10.5. The van der Waals surface area contributed by atoms with Gasteiger partial charge in [0.15, 0.2) is 11.6 Å². The van der Waals surface area contributed by atoms with Gasteiger partial charge >= 0.3 is 0 Å². The van der Waals surface area contributed by atoms with Crippen molar-refractivity contribution >= 4 is 0 Å². The van der Waals surface area contributed by atoms with E-state index in [1.54, 1.807) is 0 Å². The molecule has 4 nitrogen and oxygen atoms in total. The number of benzene rings is 1. The van der Waals surface area contributed by atoms with Crippen LogP contribution >= 0.6 is 0 Å². The average molecular weight is 273 g/mol. The van der Waals surface area contributed by atoms with Crippen LogP contribution in [0, 0.1) is 11.6 Å². The van der Waals surface area contributed by atoms with Gasteiger partial charge in [0.25, 0.3) is 0 Å². The SMILES string of the molecule is OC(COc1ccc(F)c(F)c1)CN1CCOCC1. The maximum absolute atomic E-state index is 12.9. The van der Waals surface area contributed by atoms with Crippen molar-refractivity contribution in [2.75, 3.05) is 39.5 Å². The molecule has 1 N–H and O–H groups in total. The average Bonchev–Trinajstić information content (AvgIpc) is 2.41. The molecule has 0 bridgehead atoms. The molecule has 1 fully saturated rings. The van der Waals surface area contributed by atoms with Gasteiger partial charge in [-0.05, 0) is 12.1 Å². The van der Waals surface area contributed by atoms with Gasteiger partial charge in [-0.15, -0.1) is 0 Å². The molecule has 1 aliphatic heterocycles. The molecule has 0 saturated carbocycles. The van der Waals surface area contributed by atoms with Crippen molar-refractivity contribution in [2.45, 2.75) is 6.10 Å². The van der Waals surface area contributed by atoms with Crippen LogP contribution in [0.4, 0.5) is 8.78 Å². The van der Waals surface area contributed by atoms with E-state index in [4.69, 9.17) is 9.47 Å². The summed E-state index contributed by atoms with van der Waals surface area (Å²) in [4.78, 5) is 2.07. The van der Waals surface area contributed by atoms with E-state index in [-0.39, 0.29) is 12.4 Å². The third-order valence-corrected chi connectivity index (χ3v) is 2.91. The third kappa shape index (κ3) is 4.41. The highest BCUT2D eigenvalue weighted by Gasteiger charge is 2.15. The molecule has 1 aliphatic rings.